The number of hydrogen-bond donors (Lipinski definition) is 1. The lowest BCUT2D eigenvalue weighted by Gasteiger charge is -2.14. The summed E-state index contributed by atoms with van der Waals surface area (Å²) in [6, 6.07) is 15.5. The van der Waals surface area contributed by atoms with Crippen LogP contribution < -0.4 is 5.32 Å². The topological polar surface area (TPSA) is 84.3 Å². The molecule has 0 aliphatic carbocycles. The molecule has 9 heteroatoms. The molecule has 3 aromatic rings. The smallest absolute Gasteiger partial charge is 0.258 e. The number of amides is 1. The van der Waals surface area contributed by atoms with Gasteiger partial charge in [-0.3, -0.25) is 4.79 Å². The van der Waals surface area contributed by atoms with E-state index in [0.29, 0.717) is 12.4 Å². The van der Waals surface area contributed by atoms with Crippen molar-refractivity contribution in [1.29, 1.82) is 0 Å². The number of nitrogens with zero attached hydrogens (tertiary/aromatic N) is 3. The number of benzene rings is 2. The average Bonchev–Trinajstić information content (AvgIpc) is 3.01. The highest BCUT2D eigenvalue weighted by molar-refractivity contribution is 7.89. The van der Waals surface area contributed by atoms with Crippen molar-refractivity contribution >= 4 is 33.3 Å². The largest absolute Gasteiger partial charge is 0.307 e. The fraction of sp³-hybridized carbons (Fsp3) is 0.200. The summed E-state index contributed by atoms with van der Waals surface area (Å²) in [5.41, 5.74) is 1.84. The predicted octanol–water partition coefficient (Wildman–Crippen LogP) is 3.40. The number of aromatic nitrogens is 2. The van der Waals surface area contributed by atoms with Crippen LogP contribution in [-0.4, -0.2) is 42.5 Å². The lowest BCUT2D eigenvalue weighted by molar-refractivity contribution is 0.102. The Bertz CT molecular complexity index is 1140. The molecule has 1 heterocycles. The lowest BCUT2D eigenvalue weighted by Crippen LogP contribution is -2.23. The zero-order chi connectivity index (χ0) is 21.2. The molecule has 0 fully saturated rings. The van der Waals surface area contributed by atoms with Gasteiger partial charge in [0.15, 0.2) is 0 Å². The zero-order valence-electron chi connectivity index (χ0n) is 16.3. The fourth-order valence-corrected chi connectivity index (χ4v) is 3.89. The number of hydrogen-bond acceptors (Lipinski definition) is 4. The Balaban J connectivity index is 1.90. The van der Waals surface area contributed by atoms with E-state index in [9.17, 15) is 13.2 Å². The van der Waals surface area contributed by atoms with Crippen LogP contribution in [0.2, 0.25) is 5.02 Å². The third-order valence-corrected chi connectivity index (χ3v) is 6.42. The first-order chi connectivity index (χ1) is 13.7. The molecule has 0 saturated carbocycles. The second kappa shape index (κ2) is 8.36. The SMILES string of the molecule is Cc1cc(NC(=O)c2cc(S(=O)(=O)N(C)C)ccc2Cl)n(Cc2ccccc2)n1. The van der Waals surface area contributed by atoms with Crippen LogP contribution >= 0.6 is 11.6 Å². The third kappa shape index (κ3) is 4.67. The molecule has 1 amide bonds. The Morgan fingerprint density at radius 2 is 1.83 bits per heavy atom. The highest BCUT2D eigenvalue weighted by Crippen LogP contribution is 2.23. The number of anilines is 1. The molecule has 152 valence electrons. The average molecular weight is 433 g/mol. The van der Waals surface area contributed by atoms with E-state index in [-0.39, 0.29) is 15.5 Å². The van der Waals surface area contributed by atoms with Crippen molar-refractivity contribution in [2.24, 2.45) is 0 Å². The number of rotatable bonds is 6. The van der Waals surface area contributed by atoms with E-state index in [1.54, 1.807) is 10.7 Å². The Labute approximate surface area is 175 Å². The lowest BCUT2D eigenvalue weighted by atomic mass is 10.2. The Hall–Kier alpha value is -2.68. The zero-order valence-corrected chi connectivity index (χ0v) is 17.8. The summed E-state index contributed by atoms with van der Waals surface area (Å²) < 4.78 is 27.5. The van der Waals surface area contributed by atoms with E-state index < -0.39 is 15.9 Å². The van der Waals surface area contributed by atoms with Crippen molar-refractivity contribution in [1.82, 2.24) is 14.1 Å². The molecule has 0 spiro atoms. The summed E-state index contributed by atoms with van der Waals surface area (Å²) in [4.78, 5) is 12.8. The first-order valence-corrected chi connectivity index (χ1v) is 10.6. The van der Waals surface area contributed by atoms with Gasteiger partial charge in [0, 0.05) is 20.2 Å². The van der Waals surface area contributed by atoms with Gasteiger partial charge in [-0.15, -0.1) is 0 Å². The molecule has 1 N–H and O–H groups in total. The number of nitrogens with one attached hydrogen (secondary N) is 1. The number of carbonyl (C=O) groups is 1. The molecule has 0 unspecified atom stereocenters. The Morgan fingerprint density at radius 1 is 1.14 bits per heavy atom. The summed E-state index contributed by atoms with van der Waals surface area (Å²) in [6.45, 7) is 2.31. The van der Waals surface area contributed by atoms with Crippen molar-refractivity contribution < 1.29 is 13.2 Å². The van der Waals surface area contributed by atoms with Gasteiger partial charge >= 0.3 is 0 Å². The highest BCUT2D eigenvalue weighted by Gasteiger charge is 2.21. The van der Waals surface area contributed by atoms with E-state index in [1.807, 2.05) is 37.3 Å². The van der Waals surface area contributed by atoms with Crippen molar-refractivity contribution in [2.45, 2.75) is 18.4 Å². The molecule has 0 saturated heterocycles. The summed E-state index contributed by atoms with van der Waals surface area (Å²) >= 11 is 6.17. The fourth-order valence-electron chi connectivity index (χ4n) is 2.76. The van der Waals surface area contributed by atoms with Crippen molar-refractivity contribution in [3.05, 3.63) is 76.4 Å². The molecule has 0 aliphatic rings. The van der Waals surface area contributed by atoms with Crippen LogP contribution in [0.25, 0.3) is 0 Å². The molecule has 0 aliphatic heterocycles. The number of halogens is 1. The van der Waals surface area contributed by atoms with Crippen LogP contribution in [-0.2, 0) is 16.6 Å². The molecule has 29 heavy (non-hydrogen) atoms. The van der Waals surface area contributed by atoms with Crippen LogP contribution in [0.1, 0.15) is 21.6 Å². The van der Waals surface area contributed by atoms with Gasteiger partial charge in [0.2, 0.25) is 10.0 Å². The molecule has 1 aromatic heterocycles. The van der Waals surface area contributed by atoms with Crippen LogP contribution in [0.5, 0.6) is 0 Å². The van der Waals surface area contributed by atoms with Gasteiger partial charge < -0.3 is 5.32 Å². The van der Waals surface area contributed by atoms with Gasteiger partial charge in [0.05, 0.1) is 27.7 Å². The van der Waals surface area contributed by atoms with E-state index >= 15 is 0 Å². The van der Waals surface area contributed by atoms with Crippen LogP contribution in [0, 0.1) is 6.92 Å². The molecule has 7 nitrogen and oxygen atoms in total. The highest BCUT2D eigenvalue weighted by atomic mass is 35.5. The van der Waals surface area contributed by atoms with Gasteiger partial charge in [-0.25, -0.2) is 17.4 Å². The van der Waals surface area contributed by atoms with Crippen LogP contribution in [0.15, 0.2) is 59.5 Å². The van der Waals surface area contributed by atoms with Crippen molar-refractivity contribution in [2.75, 3.05) is 19.4 Å². The van der Waals surface area contributed by atoms with Gasteiger partial charge in [-0.1, -0.05) is 41.9 Å². The monoisotopic (exact) mass is 432 g/mol. The summed E-state index contributed by atoms with van der Waals surface area (Å²) in [5.74, 6) is -0.0201. The van der Waals surface area contributed by atoms with Gasteiger partial charge in [0.1, 0.15) is 5.82 Å². The van der Waals surface area contributed by atoms with E-state index in [2.05, 4.69) is 10.4 Å². The summed E-state index contributed by atoms with van der Waals surface area (Å²) in [7, 11) is -0.840. The maximum Gasteiger partial charge on any atom is 0.258 e. The molecular formula is C20H21ClN4O3S. The number of sulfonamides is 1. The molecule has 2 aromatic carbocycles. The molecule has 0 bridgehead atoms. The van der Waals surface area contributed by atoms with E-state index in [0.717, 1.165) is 15.6 Å². The second-order valence-corrected chi connectivity index (χ2v) is 9.26. The van der Waals surface area contributed by atoms with Gasteiger partial charge in [-0.2, -0.15) is 5.10 Å². The van der Waals surface area contributed by atoms with Crippen molar-refractivity contribution in [3.63, 3.8) is 0 Å². The Kier molecular flexibility index (Phi) is 6.07. The number of carbonyl (C=O) groups excluding carboxylic acids is 1. The minimum atomic E-state index is -3.69. The van der Waals surface area contributed by atoms with Crippen LogP contribution in [0.3, 0.4) is 0 Å². The molecule has 3 rings (SSSR count). The van der Waals surface area contributed by atoms with Gasteiger partial charge in [0.25, 0.3) is 5.91 Å². The first-order valence-electron chi connectivity index (χ1n) is 8.80. The molecular weight excluding hydrogens is 412 g/mol. The molecule has 0 radical (unpaired) electrons. The second-order valence-electron chi connectivity index (χ2n) is 6.70. The minimum absolute atomic E-state index is 0.00831. The minimum Gasteiger partial charge on any atom is -0.307 e. The maximum absolute atomic E-state index is 12.9. The summed E-state index contributed by atoms with van der Waals surface area (Å²) in [5, 5.41) is 7.37. The Morgan fingerprint density at radius 3 is 2.48 bits per heavy atom. The third-order valence-electron chi connectivity index (χ3n) is 4.28. The predicted molar refractivity (Wildman–Crippen MR) is 113 cm³/mol. The number of aryl methyl sites for hydroxylation is 1. The summed E-state index contributed by atoms with van der Waals surface area (Å²) in [6.07, 6.45) is 0. The quantitative estimate of drug-likeness (QED) is 0.647. The standard InChI is InChI=1S/C20H21ClN4O3S/c1-14-11-19(25(23-14)13-15-7-5-4-6-8-15)22-20(26)17-12-16(9-10-18(17)21)29(27,28)24(2)3/h4-12H,13H2,1-3H3,(H,22,26). The maximum atomic E-state index is 12.9. The normalized spacial score (nSPS) is 11.6. The van der Waals surface area contributed by atoms with Crippen LogP contribution in [0.4, 0.5) is 5.82 Å². The molecule has 0 atom stereocenters. The van der Waals surface area contributed by atoms with E-state index in [1.165, 1.54) is 32.3 Å². The van der Waals surface area contributed by atoms with Gasteiger partial charge in [-0.05, 0) is 30.7 Å². The van der Waals surface area contributed by atoms with E-state index in [4.69, 9.17) is 11.6 Å². The van der Waals surface area contributed by atoms with Crippen molar-refractivity contribution in [3.8, 4) is 0 Å². The first kappa shape index (κ1) is 21.0.